The molecule has 5 aliphatic rings. The first-order valence-electron chi connectivity index (χ1n) is 11.8. The summed E-state index contributed by atoms with van der Waals surface area (Å²) in [5.41, 5.74) is 4.28. The number of hydrogen-bond donors (Lipinski definition) is 2. The zero-order valence-electron chi connectivity index (χ0n) is 18.0. The van der Waals surface area contributed by atoms with E-state index in [0.717, 1.165) is 44.3 Å². The maximum atomic E-state index is 13.3. The highest BCUT2D eigenvalue weighted by Gasteiger charge is 2.62. The maximum absolute atomic E-state index is 13.3. The average Bonchev–Trinajstić information content (AvgIpc) is 3.35. The summed E-state index contributed by atoms with van der Waals surface area (Å²) in [4.78, 5) is 32.3. The maximum Gasteiger partial charge on any atom is 0.206 e. The number of allylic oxidation sites excluding steroid dienone is 2. The van der Waals surface area contributed by atoms with Crippen molar-refractivity contribution in [3.8, 4) is 0 Å². The lowest BCUT2D eigenvalue weighted by Gasteiger charge is -2.57. The Kier molecular flexibility index (Phi) is 4.90. The highest BCUT2D eigenvalue weighted by Crippen LogP contribution is 2.64. The van der Waals surface area contributed by atoms with Crippen LogP contribution in [0.25, 0.3) is 0 Å². The molecule has 2 unspecified atom stereocenters. The van der Waals surface area contributed by atoms with Crippen LogP contribution in [-0.4, -0.2) is 30.8 Å². The number of Topliss-reactive ketones (excluding diaryl/α,β-unsaturated/α-hetero) is 2. The van der Waals surface area contributed by atoms with Crippen LogP contribution in [0.5, 0.6) is 0 Å². The molecule has 0 aromatic carbocycles. The Morgan fingerprint density at radius 3 is 2.72 bits per heavy atom. The van der Waals surface area contributed by atoms with Gasteiger partial charge in [-0.15, -0.1) is 0 Å². The monoisotopic (exact) mass is 400 g/mol. The van der Waals surface area contributed by atoms with Gasteiger partial charge in [0.15, 0.2) is 0 Å². The lowest BCUT2D eigenvalue weighted by Crippen LogP contribution is -2.59. The fourth-order valence-electron chi connectivity index (χ4n) is 7.60. The third-order valence-corrected chi connectivity index (χ3v) is 9.39. The Bertz CT molecular complexity index is 728. The van der Waals surface area contributed by atoms with Crippen molar-refractivity contribution in [1.82, 2.24) is 10.8 Å². The second-order valence-electron chi connectivity index (χ2n) is 10.9. The fourth-order valence-corrected chi connectivity index (χ4v) is 7.60. The molecule has 0 aromatic heterocycles. The number of carbonyl (C=O) groups is 2. The Morgan fingerprint density at radius 2 is 1.93 bits per heavy atom. The lowest BCUT2D eigenvalue weighted by atomic mass is 9.45. The van der Waals surface area contributed by atoms with Crippen molar-refractivity contribution >= 4 is 11.6 Å². The predicted octanol–water partition coefficient (Wildman–Crippen LogP) is 3.54. The van der Waals surface area contributed by atoms with E-state index >= 15 is 0 Å². The molecule has 0 radical (unpaired) electrons. The van der Waals surface area contributed by atoms with Crippen LogP contribution in [0.2, 0.25) is 0 Å². The zero-order valence-corrected chi connectivity index (χ0v) is 18.0. The van der Waals surface area contributed by atoms with E-state index in [1.165, 1.54) is 25.7 Å². The number of fused-ring (bicyclic) bond motifs is 5. The van der Waals surface area contributed by atoms with Gasteiger partial charge in [-0.3, -0.25) is 19.9 Å². The van der Waals surface area contributed by atoms with E-state index in [1.54, 1.807) is 0 Å². The number of hydroxylamine groups is 1. The van der Waals surface area contributed by atoms with E-state index < -0.39 is 0 Å². The van der Waals surface area contributed by atoms with E-state index in [2.05, 4.69) is 24.6 Å². The van der Waals surface area contributed by atoms with Crippen molar-refractivity contribution in [2.24, 2.45) is 34.5 Å². The van der Waals surface area contributed by atoms with Gasteiger partial charge < -0.3 is 5.32 Å². The molecule has 0 spiro atoms. The van der Waals surface area contributed by atoms with Gasteiger partial charge in [-0.2, -0.15) is 0 Å². The van der Waals surface area contributed by atoms with Crippen LogP contribution in [0, 0.1) is 34.5 Å². The minimum atomic E-state index is -0.286. The van der Waals surface area contributed by atoms with Gasteiger partial charge in [0.2, 0.25) is 11.6 Å². The molecule has 5 rings (SSSR count). The van der Waals surface area contributed by atoms with Gasteiger partial charge in [0, 0.05) is 17.7 Å². The molecule has 0 bridgehead atoms. The molecule has 29 heavy (non-hydrogen) atoms. The minimum Gasteiger partial charge on any atom is -0.312 e. The van der Waals surface area contributed by atoms with Gasteiger partial charge in [-0.25, -0.2) is 0 Å². The molecule has 7 atom stereocenters. The highest BCUT2D eigenvalue weighted by molar-refractivity contribution is 6.40. The molecular weight excluding hydrogens is 364 g/mol. The Balaban J connectivity index is 1.34. The SMILES string of the molecule is C[C@@]12CCC[C@H]1[C@@H]1C(=O)C(=O)C3C=C(NOCC4CCCN4)CC[C@]3(C)[C@@H]1CC2. The molecule has 3 saturated carbocycles. The molecule has 4 fully saturated rings. The van der Waals surface area contributed by atoms with Crippen molar-refractivity contribution in [1.29, 1.82) is 0 Å². The summed E-state index contributed by atoms with van der Waals surface area (Å²) in [7, 11) is 0. The predicted molar refractivity (Wildman–Crippen MR) is 111 cm³/mol. The summed E-state index contributed by atoms with van der Waals surface area (Å²) in [6.45, 7) is 6.35. The van der Waals surface area contributed by atoms with Gasteiger partial charge >= 0.3 is 0 Å². The third-order valence-electron chi connectivity index (χ3n) is 9.39. The smallest absolute Gasteiger partial charge is 0.206 e. The van der Waals surface area contributed by atoms with Gasteiger partial charge in [0.1, 0.15) is 0 Å². The quantitative estimate of drug-likeness (QED) is 0.558. The van der Waals surface area contributed by atoms with Gasteiger partial charge in [-0.05, 0) is 80.6 Å². The van der Waals surface area contributed by atoms with Gasteiger partial charge in [0.05, 0.1) is 12.5 Å². The second kappa shape index (κ2) is 7.19. The molecular formula is C24H36N2O3. The normalized spacial score (nSPS) is 46.7. The van der Waals surface area contributed by atoms with Crippen LogP contribution < -0.4 is 10.8 Å². The molecule has 2 N–H and O–H groups in total. The van der Waals surface area contributed by atoms with Crippen LogP contribution in [0.1, 0.15) is 71.6 Å². The molecule has 4 aliphatic carbocycles. The van der Waals surface area contributed by atoms with E-state index in [9.17, 15) is 9.59 Å². The van der Waals surface area contributed by atoms with Crippen molar-refractivity contribution in [3.05, 3.63) is 11.8 Å². The lowest BCUT2D eigenvalue weighted by molar-refractivity contribution is -0.161. The first-order chi connectivity index (χ1) is 13.9. The standard InChI is InChI=1S/C24H36N2O3/c1-23-9-3-6-17(23)20-18(8-10-23)24(2)11-7-15(13-19(24)21(27)22(20)28)26-29-14-16-5-4-12-25-16/h13,16-20,25-26H,3-12,14H2,1-2H3/t16?,17-,18+,19?,20-,23-,24+/m0/s1. The van der Waals surface area contributed by atoms with E-state index in [-0.39, 0.29) is 34.2 Å². The van der Waals surface area contributed by atoms with E-state index in [4.69, 9.17) is 4.84 Å². The highest BCUT2D eigenvalue weighted by atomic mass is 16.6. The number of hydrogen-bond acceptors (Lipinski definition) is 5. The Hall–Kier alpha value is -1.20. The van der Waals surface area contributed by atoms with Crippen LogP contribution in [0.15, 0.2) is 11.8 Å². The molecule has 0 aromatic rings. The Morgan fingerprint density at radius 1 is 1.07 bits per heavy atom. The molecule has 5 nitrogen and oxygen atoms in total. The van der Waals surface area contributed by atoms with Crippen LogP contribution in [-0.2, 0) is 14.4 Å². The number of nitrogens with one attached hydrogen (secondary N) is 2. The third kappa shape index (κ3) is 3.11. The van der Waals surface area contributed by atoms with Gasteiger partial charge in [0.25, 0.3) is 0 Å². The summed E-state index contributed by atoms with van der Waals surface area (Å²) < 4.78 is 0. The summed E-state index contributed by atoms with van der Waals surface area (Å²) in [5, 5.41) is 3.43. The number of rotatable bonds is 4. The van der Waals surface area contributed by atoms with Crippen molar-refractivity contribution in [2.75, 3.05) is 13.2 Å². The first-order valence-corrected chi connectivity index (χ1v) is 11.8. The topological polar surface area (TPSA) is 67.4 Å². The van der Waals surface area contributed by atoms with Crippen LogP contribution >= 0.6 is 0 Å². The summed E-state index contributed by atoms with van der Waals surface area (Å²) in [6.07, 6.45) is 12.1. The summed E-state index contributed by atoms with van der Waals surface area (Å²) in [5.74, 6) is 0.255. The Labute approximate surface area is 174 Å². The molecule has 160 valence electrons. The van der Waals surface area contributed by atoms with E-state index in [1.807, 2.05) is 6.08 Å². The average molecular weight is 401 g/mol. The van der Waals surface area contributed by atoms with Crippen LogP contribution in [0.4, 0.5) is 0 Å². The van der Waals surface area contributed by atoms with Crippen LogP contribution in [0.3, 0.4) is 0 Å². The summed E-state index contributed by atoms with van der Waals surface area (Å²) in [6, 6.07) is 0.415. The second-order valence-corrected chi connectivity index (χ2v) is 10.9. The van der Waals surface area contributed by atoms with Crippen molar-refractivity contribution in [3.63, 3.8) is 0 Å². The first kappa shape index (κ1) is 19.7. The van der Waals surface area contributed by atoms with Crippen molar-refractivity contribution in [2.45, 2.75) is 77.7 Å². The summed E-state index contributed by atoms with van der Waals surface area (Å²) >= 11 is 0. The molecule has 1 heterocycles. The number of carbonyl (C=O) groups excluding carboxylic acids is 2. The molecule has 5 heteroatoms. The fraction of sp³-hybridized carbons (Fsp3) is 0.833. The van der Waals surface area contributed by atoms with E-state index in [0.29, 0.717) is 24.5 Å². The largest absolute Gasteiger partial charge is 0.312 e. The van der Waals surface area contributed by atoms with Gasteiger partial charge in [-0.1, -0.05) is 26.3 Å². The van der Waals surface area contributed by atoms with Crippen molar-refractivity contribution < 1.29 is 14.4 Å². The molecule has 0 amide bonds. The minimum absolute atomic E-state index is 0.0300. The molecule has 1 saturated heterocycles. The number of ketones is 2. The zero-order chi connectivity index (χ0) is 20.2. The molecule has 1 aliphatic heterocycles.